The molecule has 144 valence electrons. The van der Waals surface area contributed by atoms with Crippen LogP contribution in [0.3, 0.4) is 0 Å². The normalized spacial score (nSPS) is 11.0. The van der Waals surface area contributed by atoms with Crippen LogP contribution in [0.5, 0.6) is 5.75 Å². The predicted octanol–water partition coefficient (Wildman–Crippen LogP) is 6.05. The molecule has 3 rings (SSSR count). The lowest BCUT2D eigenvalue weighted by Crippen LogP contribution is -2.13. The number of phenolic OH excluding ortho intramolecular Hbond substituents is 1. The van der Waals surface area contributed by atoms with Crippen molar-refractivity contribution in [2.24, 2.45) is 0 Å². The molecule has 0 spiro atoms. The fourth-order valence-electron chi connectivity index (χ4n) is 2.70. The van der Waals surface area contributed by atoms with Gasteiger partial charge in [0.25, 0.3) is 5.91 Å². The molecule has 3 aromatic rings. The highest BCUT2D eigenvalue weighted by molar-refractivity contribution is 9.10. The molecule has 29 heavy (non-hydrogen) atoms. The lowest BCUT2D eigenvalue weighted by Gasteiger charge is -2.08. The highest BCUT2D eigenvalue weighted by Crippen LogP contribution is 2.26. The zero-order valence-electron chi connectivity index (χ0n) is 15.2. The summed E-state index contributed by atoms with van der Waals surface area (Å²) in [5.74, 6) is -0.405. The zero-order valence-corrected chi connectivity index (χ0v) is 18.4. The molecular formula is C23H16Br2N2O2. The van der Waals surface area contributed by atoms with Crippen molar-refractivity contribution in [1.82, 2.24) is 0 Å². The Morgan fingerprint density at radius 3 is 2.34 bits per heavy atom. The van der Waals surface area contributed by atoms with Crippen LogP contribution in [0, 0.1) is 11.3 Å². The first-order valence-corrected chi connectivity index (χ1v) is 10.3. The van der Waals surface area contributed by atoms with E-state index in [1.807, 2.05) is 42.5 Å². The molecule has 3 aromatic carbocycles. The SMILES string of the molecule is N#C/C(=C\c1ccc(Cc2ccccc2Br)c(Br)c1)C(=O)Nc1ccc(O)cc1. The van der Waals surface area contributed by atoms with E-state index in [0.717, 1.165) is 26.5 Å². The largest absolute Gasteiger partial charge is 0.508 e. The zero-order chi connectivity index (χ0) is 20.8. The number of amides is 1. The minimum absolute atomic E-state index is 0.0106. The molecule has 0 radical (unpaired) electrons. The number of hydrogen-bond acceptors (Lipinski definition) is 3. The molecule has 0 fully saturated rings. The van der Waals surface area contributed by atoms with E-state index in [1.165, 1.54) is 17.7 Å². The van der Waals surface area contributed by atoms with Crippen molar-refractivity contribution >= 4 is 49.5 Å². The maximum absolute atomic E-state index is 12.4. The molecule has 0 aliphatic rings. The van der Waals surface area contributed by atoms with Gasteiger partial charge in [-0.1, -0.05) is 62.2 Å². The van der Waals surface area contributed by atoms with Gasteiger partial charge in [-0.05, 0) is 65.6 Å². The highest BCUT2D eigenvalue weighted by atomic mass is 79.9. The van der Waals surface area contributed by atoms with Crippen LogP contribution < -0.4 is 5.32 Å². The van der Waals surface area contributed by atoms with Gasteiger partial charge in [0.15, 0.2) is 0 Å². The lowest BCUT2D eigenvalue weighted by molar-refractivity contribution is -0.112. The summed E-state index contributed by atoms with van der Waals surface area (Å²) in [4.78, 5) is 12.4. The predicted molar refractivity (Wildman–Crippen MR) is 121 cm³/mol. The topological polar surface area (TPSA) is 73.1 Å². The molecular weight excluding hydrogens is 496 g/mol. The summed E-state index contributed by atoms with van der Waals surface area (Å²) in [6.45, 7) is 0. The first-order valence-electron chi connectivity index (χ1n) is 8.70. The molecule has 4 nitrogen and oxygen atoms in total. The number of aromatic hydroxyl groups is 1. The van der Waals surface area contributed by atoms with Crippen LogP contribution in [0.15, 0.2) is 81.2 Å². The van der Waals surface area contributed by atoms with E-state index in [9.17, 15) is 15.2 Å². The first kappa shape index (κ1) is 20.8. The van der Waals surface area contributed by atoms with E-state index in [0.29, 0.717) is 5.69 Å². The van der Waals surface area contributed by atoms with Gasteiger partial charge in [-0.15, -0.1) is 0 Å². The number of phenols is 1. The molecule has 6 heteroatoms. The fraction of sp³-hybridized carbons (Fsp3) is 0.0435. The molecule has 1 amide bonds. The molecule has 0 atom stereocenters. The van der Waals surface area contributed by atoms with E-state index in [4.69, 9.17) is 0 Å². The second-order valence-electron chi connectivity index (χ2n) is 6.29. The molecule has 0 saturated heterocycles. The number of nitrogens with one attached hydrogen (secondary N) is 1. The number of carbonyl (C=O) groups is 1. The van der Waals surface area contributed by atoms with Crippen LogP contribution >= 0.6 is 31.9 Å². The fourth-order valence-corrected chi connectivity index (χ4v) is 3.66. The Kier molecular flexibility index (Phi) is 6.86. The van der Waals surface area contributed by atoms with Crippen molar-refractivity contribution in [2.75, 3.05) is 5.32 Å². The number of nitrogens with zero attached hydrogens (tertiary/aromatic N) is 1. The first-order chi connectivity index (χ1) is 14.0. The number of anilines is 1. The molecule has 0 heterocycles. The highest BCUT2D eigenvalue weighted by Gasteiger charge is 2.11. The minimum atomic E-state index is -0.508. The van der Waals surface area contributed by atoms with E-state index in [1.54, 1.807) is 18.2 Å². The van der Waals surface area contributed by atoms with Gasteiger partial charge in [-0.3, -0.25) is 4.79 Å². The number of rotatable bonds is 5. The third-order valence-corrected chi connectivity index (χ3v) is 5.73. The van der Waals surface area contributed by atoms with E-state index in [-0.39, 0.29) is 11.3 Å². The molecule has 0 unspecified atom stereocenters. The Morgan fingerprint density at radius 1 is 1.00 bits per heavy atom. The van der Waals surface area contributed by atoms with Gasteiger partial charge in [0.2, 0.25) is 0 Å². The van der Waals surface area contributed by atoms with Gasteiger partial charge in [0.05, 0.1) is 0 Å². The minimum Gasteiger partial charge on any atom is -0.508 e. The van der Waals surface area contributed by atoms with Crippen LogP contribution in [-0.2, 0) is 11.2 Å². The molecule has 0 aromatic heterocycles. The Balaban J connectivity index is 1.78. The molecule has 0 aliphatic heterocycles. The summed E-state index contributed by atoms with van der Waals surface area (Å²) in [6, 6.07) is 21.8. The van der Waals surface area contributed by atoms with Crippen LogP contribution in [0.25, 0.3) is 6.08 Å². The smallest absolute Gasteiger partial charge is 0.266 e. The number of nitriles is 1. The Hall–Kier alpha value is -2.88. The van der Waals surface area contributed by atoms with Crippen molar-refractivity contribution < 1.29 is 9.90 Å². The maximum Gasteiger partial charge on any atom is 0.266 e. The summed E-state index contributed by atoms with van der Waals surface area (Å²) in [6.07, 6.45) is 2.29. The lowest BCUT2D eigenvalue weighted by atomic mass is 10.0. The average molecular weight is 512 g/mol. The van der Waals surface area contributed by atoms with E-state index >= 15 is 0 Å². The van der Waals surface area contributed by atoms with Crippen LogP contribution in [0.1, 0.15) is 16.7 Å². The second kappa shape index (κ2) is 9.55. The monoisotopic (exact) mass is 510 g/mol. The summed E-state index contributed by atoms with van der Waals surface area (Å²) in [5, 5.41) is 21.4. The van der Waals surface area contributed by atoms with Gasteiger partial charge in [0.1, 0.15) is 17.4 Å². The number of carbonyl (C=O) groups excluding carboxylic acids is 1. The molecule has 0 aliphatic carbocycles. The second-order valence-corrected chi connectivity index (χ2v) is 8.00. The summed E-state index contributed by atoms with van der Waals surface area (Å²) in [7, 11) is 0. The van der Waals surface area contributed by atoms with Gasteiger partial charge < -0.3 is 10.4 Å². The van der Waals surface area contributed by atoms with Gasteiger partial charge in [0, 0.05) is 14.6 Å². The number of benzene rings is 3. The summed E-state index contributed by atoms with van der Waals surface area (Å²) < 4.78 is 1.95. The molecule has 0 saturated carbocycles. The van der Waals surface area contributed by atoms with Gasteiger partial charge in [-0.2, -0.15) is 5.26 Å². The van der Waals surface area contributed by atoms with Crippen molar-refractivity contribution in [2.45, 2.75) is 6.42 Å². The van der Waals surface area contributed by atoms with Crippen molar-refractivity contribution in [3.05, 3.63) is 97.9 Å². The molecule has 2 N–H and O–H groups in total. The van der Waals surface area contributed by atoms with Crippen molar-refractivity contribution in [3.63, 3.8) is 0 Å². The number of halogens is 2. The summed E-state index contributed by atoms with van der Waals surface area (Å²) in [5.41, 5.74) is 3.50. The molecule has 0 bridgehead atoms. The van der Waals surface area contributed by atoms with Crippen LogP contribution in [0.2, 0.25) is 0 Å². The number of hydrogen-bond donors (Lipinski definition) is 2. The quantitative estimate of drug-likeness (QED) is 0.248. The third kappa shape index (κ3) is 5.57. The van der Waals surface area contributed by atoms with Crippen LogP contribution in [-0.4, -0.2) is 11.0 Å². The van der Waals surface area contributed by atoms with Crippen molar-refractivity contribution in [1.29, 1.82) is 5.26 Å². The summed E-state index contributed by atoms with van der Waals surface area (Å²) >= 11 is 7.15. The Morgan fingerprint density at radius 2 is 1.69 bits per heavy atom. The van der Waals surface area contributed by atoms with Crippen molar-refractivity contribution in [3.8, 4) is 11.8 Å². The maximum atomic E-state index is 12.4. The third-order valence-electron chi connectivity index (χ3n) is 4.22. The Labute approximate surface area is 185 Å². The van der Waals surface area contributed by atoms with Gasteiger partial charge in [-0.25, -0.2) is 0 Å². The van der Waals surface area contributed by atoms with Gasteiger partial charge >= 0.3 is 0 Å². The van der Waals surface area contributed by atoms with E-state index in [2.05, 4.69) is 43.2 Å². The Bertz CT molecular complexity index is 1120. The standard InChI is InChI=1S/C23H16Br2N2O2/c24-21-4-2-1-3-16(21)13-17-6-5-15(12-22(17)25)11-18(14-26)23(29)27-19-7-9-20(28)10-8-19/h1-12,28H,13H2,(H,27,29)/b18-11+. The van der Waals surface area contributed by atoms with Crippen LogP contribution in [0.4, 0.5) is 5.69 Å². The average Bonchev–Trinajstić information content (AvgIpc) is 2.71. The van der Waals surface area contributed by atoms with E-state index < -0.39 is 5.91 Å².